The molecular formula is C9H8ClN3O. The molecular weight excluding hydrogens is 202 g/mol. The zero-order valence-corrected chi connectivity index (χ0v) is 8.27. The molecule has 2 aromatic rings. The van der Waals surface area contributed by atoms with E-state index in [2.05, 4.69) is 10.1 Å². The van der Waals surface area contributed by atoms with E-state index in [1.54, 1.807) is 36.0 Å². The topological polar surface area (TPSA) is 39.9 Å². The van der Waals surface area contributed by atoms with E-state index in [4.69, 9.17) is 16.3 Å². The van der Waals surface area contributed by atoms with Crippen LogP contribution in [0, 0.1) is 0 Å². The van der Waals surface area contributed by atoms with Crippen LogP contribution in [0.25, 0.3) is 0 Å². The van der Waals surface area contributed by atoms with Crippen molar-refractivity contribution in [2.24, 2.45) is 7.05 Å². The summed E-state index contributed by atoms with van der Waals surface area (Å²) in [6.07, 6.45) is 1.44. The first-order valence-electron chi connectivity index (χ1n) is 4.03. The van der Waals surface area contributed by atoms with Gasteiger partial charge in [0.05, 0.1) is 0 Å². The molecule has 0 aliphatic rings. The highest BCUT2D eigenvalue weighted by molar-refractivity contribution is 6.30. The van der Waals surface area contributed by atoms with E-state index in [0.717, 1.165) is 0 Å². The molecule has 0 spiro atoms. The Bertz CT molecular complexity index is 424. The van der Waals surface area contributed by atoms with Crippen molar-refractivity contribution in [3.63, 3.8) is 0 Å². The molecule has 1 aromatic carbocycles. The molecule has 0 aliphatic heterocycles. The van der Waals surface area contributed by atoms with E-state index in [0.29, 0.717) is 16.8 Å². The Morgan fingerprint density at radius 2 is 2.00 bits per heavy atom. The summed E-state index contributed by atoms with van der Waals surface area (Å²) in [5.41, 5.74) is 0. The summed E-state index contributed by atoms with van der Waals surface area (Å²) in [5, 5.41) is 4.56. The Morgan fingerprint density at radius 1 is 1.29 bits per heavy atom. The zero-order valence-electron chi connectivity index (χ0n) is 7.51. The number of benzene rings is 1. The Balaban J connectivity index is 2.19. The van der Waals surface area contributed by atoms with Gasteiger partial charge >= 0.3 is 6.01 Å². The fraction of sp³-hybridized carbons (Fsp3) is 0.111. The van der Waals surface area contributed by atoms with Gasteiger partial charge in [0.2, 0.25) is 0 Å². The fourth-order valence-corrected chi connectivity index (χ4v) is 1.11. The summed E-state index contributed by atoms with van der Waals surface area (Å²) in [6, 6.07) is 7.52. The van der Waals surface area contributed by atoms with Crippen molar-refractivity contribution in [2.75, 3.05) is 0 Å². The van der Waals surface area contributed by atoms with Crippen molar-refractivity contribution in [1.82, 2.24) is 14.8 Å². The first-order valence-corrected chi connectivity index (χ1v) is 4.41. The number of hydrogen-bond acceptors (Lipinski definition) is 3. The summed E-state index contributed by atoms with van der Waals surface area (Å²) in [4.78, 5) is 3.93. The van der Waals surface area contributed by atoms with Crippen molar-refractivity contribution in [2.45, 2.75) is 0 Å². The van der Waals surface area contributed by atoms with E-state index in [1.165, 1.54) is 6.33 Å². The minimum absolute atomic E-state index is 0.451. The predicted molar refractivity (Wildman–Crippen MR) is 52.5 cm³/mol. The first-order chi connectivity index (χ1) is 6.75. The molecule has 4 nitrogen and oxygen atoms in total. The Morgan fingerprint density at radius 3 is 2.57 bits per heavy atom. The van der Waals surface area contributed by atoms with Crippen LogP contribution in [-0.4, -0.2) is 14.8 Å². The van der Waals surface area contributed by atoms with Gasteiger partial charge < -0.3 is 4.74 Å². The van der Waals surface area contributed by atoms with Gasteiger partial charge in [-0.1, -0.05) is 11.6 Å². The average Bonchev–Trinajstić information content (AvgIpc) is 2.56. The second kappa shape index (κ2) is 3.67. The van der Waals surface area contributed by atoms with Gasteiger partial charge in [-0.3, -0.25) is 0 Å². The summed E-state index contributed by atoms with van der Waals surface area (Å²) in [7, 11) is 1.76. The smallest absolute Gasteiger partial charge is 0.320 e. The van der Waals surface area contributed by atoms with Crippen LogP contribution in [-0.2, 0) is 7.05 Å². The molecule has 0 saturated carbocycles. The van der Waals surface area contributed by atoms with E-state index in [9.17, 15) is 0 Å². The van der Waals surface area contributed by atoms with Gasteiger partial charge in [-0.15, -0.1) is 0 Å². The van der Waals surface area contributed by atoms with Crippen LogP contribution in [0.1, 0.15) is 0 Å². The maximum Gasteiger partial charge on any atom is 0.320 e. The van der Waals surface area contributed by atoms with E-state index in [-0.39, 0.29) is 0 Å². The van der Waals surface area contributed by atoms with Gasteiger partial charge in [0.25, 0.3) is 0 Å². The summed E-state index contributed by atoms with van der Waals surface area (Å²) in [6.45, 7) is 0. The van der Waals surface area contributed by atoms with Gasteiger partial charge in [-0.2, -0.15) is 10.1 Å². The first kappa shape index (κ1) is 9.02. The summed E-state index contributed by atoms with van der Waals surface area (Å²) < 4.78 is 6.99. The van der Waals surface area contributed by atoms with Crippen LogP contribution in [0.5, 0.6) is 11.8 Å². The third-order valence-electron chi connectivity index (χ3n) is 1.69. The molecule has 0 unspecified atom stereocenters. The van der Waals surface area contributed by atoms with Crippen molar-refractivity contribution in [1.29, 1.82) is 0 Å². The molecule has 0 amide bonds. The van der Waals surface area contributed by atoms with Gasteiger partial charge in [0.15, 0.2) is 0 Å². The largest absolute Gasteiger partial charge is 0.424 e. The number of nitrogens with zero attached hydrogens (tertiary/aromatic N) is 3. The monoisotopic (exact) mass is 209 g/mol. The van der Waals surface area contributed by atoms with Gasteiger partial charge in [0.1, 0.15) is 12.1 Å². The minimum atomic E-state index is 0.451. The van der Waals surface area contributed by atoms with Gasteiger partial charge in [0, 0.05) is 12.1 Å². The Kier molecular flexibility index (Phi) is 2.37. The van der Waals surface area contributed by atoms with Crippen LogP contribution in [0.4, 0.5) is 0 Å². The second-order valence-corrected chi connectivity index (χ2v) is 3.16. The maximum absolute atomic E-state index is 5.74. The number of aryl methyl sites for hydroxylation is 1. The number of halogens is 1. The molecule has 0 N–H and O–H groups in total. The van der Waals surface area contributed by atoms with Crippen molar-refractivity contribution in [3.05, 3.63) is 35.6 Å². The number of rotatable bonds is 2. The third kappa shape index (κ3) is 1.85. The molecule has 0 bridgehead atoms. The highest BCUT2D eigenvalue weighted by Gasteiger charge is 2.02. The SMILES string of the molecule is Cn1ncnc1Oc1ccc(Cl)cc1. The van der Waals surface area contributed by atoms with Crippen LogP contribution < -0.4 is 4.74 Å². The van der Waals surface area contributed by atoms with Gasteiger partial charge in [-0.25, -0.2) is 4.68 Å². The molecule has 0 aliphatic carbocycles. The number of hydrogen-bond donors (Lipinski definition) is 0. The Hall–Kier alpha value is -1.55. The highest BCUT2D eigenvalue weighted by atomic mass is 35.5. The molecule has 1 aromatic heterocycles. The lowest BCUT2D eigenvalue weighted by atomic mass is 10.3. The summed E-state index contributed by atoms with van der Waals surface area (Å²) >= 11 is 5.74. The lowest BCUT2D eigenvalue weighted by Crippen LogP contribution is -1.95. The predicted octanol–water partition coefficient (Wildman–Crippen LogP) is 2.26. The standard InChI is InChI=1S/C9H8ClN3O/c1-13-9(11-6-12-13)14-8-4-2-7(10)3-5-8/h2-6H,1H3. The van der Waals surface area contributed by atoms with Crippen LogP contribution >= 0.6 is 11.6 Å². The van der Waals surface area contributed by atoms with Crippen molar-refractivity contribution in [3.8, 4) is 11.8 Å². The van der Waals surface area contributed by atoms with E-state index < -0.39 is 0 Å². The molecule has 0 fully saturated rings. The molecule has 0 saturated heterocycles. The Labute approximate surface area is 86.1 Å². The molecule has 2 rings (SSSR count). The fourth-order valence-electron chi connectivity index (χ4n) is 0.986. The third-order valence-corrected chi connectivity index (χ3v) is 1.94. The molecule has 1 heterocycles. The van der Waals surface area contributed by atoms with E-state index >= 15 is 0 Å². The molecule has 0 atom stereocenters. The van der Waals surface area contributed by atoms with Crippen molar-refractivity contribution >= 4 is 11.6 Å². The number of aromatic nitrogens is 3. The van der Waals surface area contributed by atoms with Crippen LogP contribution in [0.3, 0.4) is 0 Å². The maximum atomic E-state index is 5.74. The van der Waals surface area contributed by atoms with Crippen molar-refractivity contribution < 1.29 is 4.74 Å². The quantitative estimate of drug-likeness (QED) is 0.762. The zero-order chi connectivity index (χ0) is 9.97. The summed E-state index contributed by atoms with van der Waals surface area (Å²) in [5.74, 6) is 0.686. The highest BCUT2D eigenvalue weighted by Crippen LogP contribution is 2.20. The lowest BCUT2D eigenvalue weighted by molar-refractivity contribution is 0.415. The number of ether oxygens (including phenoxy) is 1. The average molecular weight is 210 g/mol. The lowest BCUT2D eigenvalue weighted by Gasteiger charge is -2.02. The second-order valence-electron chi connectivity index (χ2n) is 2.72. The molecule has 5 heteroatoms. The molecule has 0 radical (unpaired) electrons. The molecule has 72 valence electrons. The van der Waals surface area contributed by atoms with Gasteiger partial charge in [-0.05, 0) is 24.3 Å². The normalized spacial score (nSPS) is 10.1. The van der Waals surface area contributed by atoms with Crippen LogP contribution in [0.15, 0.2) is 30.6 Å². The van der Waals surface area contributed by atoms with E-state index in [1.807, 2.05) is 0 Å². The molecule has 14 heavy (non-hydrogen) atoms. The minimum Gasteiger partial charge on any atom is -0.424 e. The van der Waals surface area contributed by atoms with Crippen LogP contribution in [0.2, 0.25) is 5.02 Å².